The average Bonchev–Trinajstić information content (AvgIpc) is 3.34. The van der Waals surface area contributed by atoms with Crippen molar-refractivity contribution in [1.29, 1.82) is 0 Å². The summed E-state index contributed by atoms with van der Waals surface area (Å²) in [5, 5.41) is 12.2. The third-order valence-electron chi connectivity index (χ3n) is 4.46. The molecule has 0 spiro atoms. The van der Waals surface area contributed by atoms with E-state index in [4.69, 9.17) is 4.42 Å². The Labute approximate surface area is 166 Å². The number of nitrogens with one attached hydrogen (secondary N) is 2. The second-order valence-corrected chi connectivity index (χ2v) is 7.88. The van der Waals surface area contributed by atoms with Gasteiger partial charge in [0.15, 0.2) is 0 Å². The molecule has 0 unspecified atom stereocenters. The molecule has 4 aromatic rings. The van der Waals surface area contributed by atoms with Crippen molar-refractivity contribution < 1.29 is 9.21 Å². The third-order valence-corrected chi connectivity index (χ3v) is 5.39. The number of aryl methyl sites for hydroxylation is 1. The molecule has 0 fully saturated rings. The molecule has 4 rings (SSSR count). The average molecular weight is 392 g/mol. The van der Waals surface area contributed by atoms with Crippen molar-refractivity contribution in [1.82, 2.24) is 20.5 Å². The Bertz CT molecular complexity index is 1100. The van der Waals surface area contributed by atoms with E-state index < -0.39 is 0 Å². The van der Waals surface area contributed by atoms with Crippen molar-refractivity contribution in [3.8, 4) is 11.5 Å². The Morgan fingerprint density at radius 3 is 2.79 bits per heavy atom. The zero-order valence-corrected chi connectivity index (χ0v) is 16.4. The van der Waals surface area contributed by atoms with Crippen molar-refractivity contribution in [2.75, 3.05) is 0 Å². The first-order valence-corrected chi connectivity index (χ1v) is 9.88. The van der Waals surface area contributed by atoms with E-state index in [0.717, 1.165) is 22.0 Å². The number of thioether (sulfide) groups is 1. The van der Waals surface area contributed by atoms with Crippen molar-refractivity contribution in [3.63, 3.8) is 0 Å². The first-order valence-electron chi connectivity index (χ1n) is 9.00. The lowest BCUT2D eigenvalue weighted by molar-refractivity contribution is -0.120. The fourth-order valence-electron chi connectivity index (χ4n) is 2.86. The molecule has 0 bridgehead atoms. The predicted molar refractivity (Wildman–Crippen MR) is 110 cm³/mol. The standard InChI is InChI=1S/C21H20N4O2S/c1-13-7-9-15(10-8-13)11-23-19(26)14(2)28-21-25-24-20(27-21)17-12-22-18-6-4-3-5-16(17)18/h3-10,12,14,22H,11H2,1-2H3,(H,23,26)/t14-/m1/s1. The summed E-state index contributed by atoms with van der Waals surface area (Å²) < 4.78 is 5.77. The summed E-state index contributed by atoms with van der Waals surface area (Å²) in [5.74, 6) is 0.365. The number of fused-ring (bicyclic) bond motifs is 1. The van der Waals surface area contributed by atoms with Crippen LogP contribution < -0.4 is 5.32 Å². The van der Waals surface area contributed by atoms with Crippen molar-refractivity contribution in [3.05, 3.63) is 65.9 Å². The summed E-state index contributed by atoms with van der Waals surface area (Å²) in [7, 11) is 0. The zero-order chi connectivity index (χ0) is 19.5. The van der Waals surface area contributed by atoms with E-state index in [1.165, 1.54) is 17.3 Å². The van der Waals surface area contributed by atoms with Gasteiger partial charge in [-0.15, -0.1) is 10.2 Å². The maximum Gasteiger partial charge on any atom is 0.277 e. The monoisotopic (exact) mass is 392 g/mol. The van der Waals surface area contributed by atoms with Gasteiger partial charge in [0.25, 0.3) is 11.1 Å². The van der Waals surface area contributed by atoms with Crippen LogP contribution in [0.5, 0.6) is 0 Å². The molecule has 28 heavy (non-hydrogen) atoms. The molecule has 0 saturated carbocycles. The number of H-pyrrole nitrogens is 1. The van der Waals surface area contributed by atoms with Crippen LogP contribution >= 0.6 is 11.8 Å². The summed E-state index contributed by atoms with van der Waals surface area (Å²) in [6.07, 6.45) is 1.85. The van der Waals surface area contributed by atoms with Crippen molar-refractivity contribution in [2.24, 2.45) is 0 Å². The van der Waals surface area contributed by atoms with Crippen LogP contribution in [0.3, 0.4) is 0 Å². The highest BCUT2D eigenvalue weighted by molar-refractivity contribution is 8.00. The number of aromatic amines is 1. The molecule has 0 aliphatic heterocycles. The first-order chi connectivity index (χ1) is 13.6. The van der Waals surface area contributed by atoms with Gasteiger partial charge < -0.3 is 14.7 Å². The number of aromatic nitrogens is 3. The van der Waals surface area contributed by atoms with Crippen molar-refractivity contribution in [2.45, 2.75) is 30.9 Å². The summed E-state index contributed by atoms with van der Waals surface area (Å²) in [4.78, 5) is 15.6. The van der Waals surface area contributed by atoms with Gasteiger partial charge in [-0.3, -0.25) is 4.79 Å². The minimum absolute atomic E-state index is 0.0718. The Kier molecular flexibility index (Phi) is 5.16. The fraction of sp³-hybridized carbons (Fsp3) is 0.190. The molecular weight excluding hydrogens is 372 g/mol. The highest BCUT2D eigenvalue weighted by atomic mass is 32.2. The van der Waals surface area contributed by atoms with E-state index in [0.29, 0.717) is 17.7 Å². The van der Waals surface area contributed by atoms with Crippen LogP contribution in [0.4, 0.5) is 0 Å². The molecule has 2 aromatic carbocycles. The molecule has 0 aliphatic carbocycles. The van der Waals surface area contributed by atoms with Gasteiger partial charge in [0.1, 0.15) is 0 Å². The van der Waals surface area contributed by atoms with E-state index >= 15 is 0 Å². The number of hydrogen-bond acceptors (Lipinski definition) is 5. The zero-order valence-electron chi connectivity index (χ0n) is 15.6. The molecule has 2 N–H and O–H groups in total. The van der Waals surface area contributed by atoms with Gasteiger partial charge in [-0.25, -0.2) is 0 Å². The maximum atomic E-state index is 12.4. The Hall–Kier alpha value is -3.06. The molecule has 7 heteroatoms. The van der Waals surface area contributed by atoms with Gasteiger partial charge in [0.05, 0.1) is 10.8 Å². The third kappa shape index (κ3) is 3.94. The number of amides is 1. The largest absolute Gasteiger partial charge is 0.411 e. The fourth-order valence-corrected chi connectivity index (χ4v) is 3.57. The van der Waals surface area contributed by atoms with Crippen molar-refractivity contribution >= 4 is 28.6 Å². The van der Waals surface area contributed by atoms with Crippen LogP contribution in [-0.4, -0.2) is 26.3 Å². The maximum absolute atomic E-state index is 12.4. The highest BCUT2D eigenvalue weighted by Crippen LogP contribution is 2.30. The number of hydrogen-bond donors (Lipinski definition) is 2. The number of benzene rings is 2. The Morgan fingerprint density at radius 2 is 1.96 bits per heavy atom. The second kappa shape index (κ2) is 7.90. The molecule has 142 valence electrons. The molecule has 0 saturated heterocycles. The van der Waals surface area contributed by atoms with E-state index in [-0.39, 0.29) is 11.2 Å². The van der Waals surface area contributed by atoms with Crippen LogP contribution in [0.15, 0.2) is 64.4 Å². The summed E-state index contributed by atoms with van der Waals surface area (Å²) in [6.45, 7) is 4.36. The molecule has 2 heterocycles. The van der Waals surface area contributed by atoms with Crippen LogP contribution in [0, 0.1) is 6.92 Å². The van der Waals surface area contributed by atoms with Crippen LogP contribution in [-0.2, 0) is 11.3 Å². The van der Waals surface area contributed by atoms with Gasteiger partial charge in [-0.1, -0.05) is 59.8 Å². The molecule has 2 aromatic heterocycles. The lowest BCUT2D eigenvalue weighted by Crippen LogP contribution is -2.30. The summed E-state index contributed by atoms with van der Waals surface area (Å²) >= 11 is 1.25. The van der Waals surface area contributed by atoms with E-state index in [2.05, 4.69) is 20.5 Å². The molecule has 0 radical (unpaired) electrons. The minimum Gasteiger partial charge on any atom is -0.411 e. The predicted octanol–water partition coefficient (Wildman–Crippen LogP) is 4.32. The number of rotatable bonds is 6. The normalized spacial score (nSPS) is 12.2. The highest BCUT2D eigenvalue weighted by Gasteiger charge is 2.19. The second-order valence-electron chi connectivity index (χ2n) is 6.58. The number of carbonyl (C=O) groups excluding carboxylic acids is 1. The van der Waals surface area contributed by atoms with Crippen LogP contribution in [0.1, 0.15) is 18.1 Å². The molecule has 0 aliphatic rings. The summed E-state index contributed by atoms with van der Waals surface area (Å²) in [5.41, 5.74) is 4.12. The SMILES string of the molecule is Cc1ccc(CNC(=O)[C@@H](C)Sc2nnc(-c3c[nH]c4ccccc34)o2)cc1. The lowest BCUT2D eigenvalue weighted by atomic mass is 10.1. The Morgan fingerprint density at radius 1 is 1.18 bits per heavy atom. The number of carbonyl (C=O) groups is 1. The molecular formula is C21H20N4O2S. The topological polar surface area (TPSA) is 83.8 Å². The molecule has 1 atom stereocenters. The minimum atomic E-state index is -0.346. The lowest BCUT2D eigenvalue weighted by Gasteiger charge is -2.10. The first kappa shape index (κ1) is 18.3. The van der Waals surface area contributed by atoms with E-state index in [1.807, 2.05) is 68.6 Å². The van der Waals surface area contributed by atoms with Gasteiger partial charge in [-0.05, 0) is 25.5 Å². The van der Waals surface area contributed by atoms with Gasteiger partial charge in [-0.2, -0.15) is 0 Å². The van der Waals surface area contributed by atoms with E-state index in [1.54, 1.807) is 0 Å². The smallest absolute Gasteiger partial charge is 0.277 e. The Balaban J connectivity index is 1.39. The van der Waals surface area contributed by atoms with E-state index in [9.17, 15) is 4.79 Å². The number of para-hydroxylation sites is 1. The summed E-state index contributed by atoms with van der Waals surface area (Å²) in [6, 6.07) is 16.0. The van der Waals surface area contributed by atoms with Gasteiger partial charge in [0, 0.05) is 23.6 Å². The quantitative estimate of drug-likeness (QED) is 0.477. The molecule has 1 amide bonds. The van der Waals surface area contributed by atoms with Gasteiger partial charge >= 0.3 is 0 Å². The molecule has 6 nitrogen and oxygen atoms in total. The van der Waals surface area contributed by atoms with Crippen LogP contribution in [0.2, 0.25) is 0 Å². The van der Waals surface area contributed by atoms with Gasteiger partial charge in [0.2, 0.25) is 5.91 Å². The number of nitrogens with zero attached hydrogens (tertiary/aromatic N) is 2. The van der Waals surface area contributed by atoms with Crippen LogP contribution in [0.25, 0.3) is 22.4 Å².